The largest absolute Gasteiger partial charge is 0.496 e. The highest BCUT2D eigenvalue weighted by Crippen LogP contribution is 2.39. The van der Waals surface area contributed by atoms with Crippen LogP contribution in [0.2, 0.25) is 0 Å². The van der Waals surface area contributed by atoms with Crippen LogP contribution in [0.3, 0.4) is 0 Å². The fourth-order valence-corrected chi connectivity index (χ4v) is 2.60. The Morgan fingerprint density at radius 3 is 2.56 bits per heavy atom. The lowest BCUT2D eigenvalue weighted by Gasteiger charge is -2.14. The molecule has 0 unspecified atom stereocenters. The summed E-state index contributed by atoms with van der Waals surface area (Å²) in [4.78, 5) is 0. The van der Waals surface area contributed by atoms with Crippen molar-refractivity contribution < 1.29 is 4.74 Å². The molecule has 2 rings (SSSR count). The Hall–Kier alpha value is -1.49. The van der Waals surface area contributed by atoms with Crippen molar-refractivity contribution in [1.82, 2.24) is 9.78 Å². The zero-order valence-electron chi connectivity index (χ0n) is 10.9. The molecule has 2 aromatic rings. The molecule has 1 heterocycles. The van der Waals surface area contributed by atoms with E-state index >= 15 is 0 Å². The number of halogens is 1. The second-order valence-corrected chi connectivity index (χ2v) is 5.07. The number of nitrogen functional groups attached to an aromatic ring is 1. The SMILES string of the molecule is COc1cc(C)c(-c2cnn(C)c2N)c(C)c1Br. The lowest BCUT2D eigenvalue weighted by molar-refractivity contribution is 0.411. The zero-order valence-corrected chi connectivity index (χ0v) is 12.5. The van der Waals surface area contributed by atoms with Gasteiger partial charge in [0.1, 0.15) is 11.6 Å². The van der Waals surface area contributed by atoms with Crippen molar-refractivity contribution in [3.63, 3.8) is 0 Å². The minimum absolute atomic E-state index is 0.665. The van der Waals surface area contributed by atoms with Gasteiger partial charge in [-0.1, -0.05) is 0 Å². The number of benzene rings is 1. The van der Waals surface area contributed by atoms with Gasteiger partial charge in [0, 0.05) is 12.6 Å². The fourth-order valence-electron chi connectivity index (χ4n) is 2.13. The number of methoxy groups -OCH3 is 1. The van der Waals surface area contributed by atoms with Crippen LogP contribution in [0.15, 0.2) is 16.7 Å². The normalized spacial score (nSPS) is 10.7. The molecule has 0 aliphatic carbocycles. The first-order valence-electron chi connectivity index (χ1n) is 5.59. The summed E-state index contributed by atoms with van der Waals surface area (Å²) in [7, 11) is 3.50. The van der Waals surface area contributed by atoms with E-state index in [-0.39, 0.29) is 0 Å². The summed E-state index contributed by atoms with van der Waals surface area (Å²) in [6, 6.07) is 2.00. The monoisotopic (exact) mass is 309 g/mol. The summed E-state index contributed by atoms with van der Waals surface area (Å²) in [5.74, 6) is 1.49. The number of ether oxygens (including phenoxy) is 1. The van der Waals surface area contributed by atoms with E-state index in [1.54, 1.807) is 18.0 Å². The predicted molar refractivity (Wildman–Crippen MR) is 76.8 cm³/mol. The van der Waals surface area contributed by atoms with Crippen molar-refractivity contribution in [3.05, 3.63) is 27.9 Å². The maximum Gasteiger partial charge on any atom is 0.133 e. The van der Waals surface area contributed by atoms with Crippen LogP contribution in [0.25, 0.3) is 11.1 Å². The highest BCUT2D eigenvalue weighted by atomic mass is 79.9. The average molecular weight is 310 g/mol. The second kappa shape index (κ2) is 4.65. The third kappa shape index (κ3) is 1.88. The summed E-state index contributed by atoms with van der Waals surface area (Å²) in [5.41, 5.74) is 10.3. The molecule has 2 N–H and O–H groups in total. The third-order valence-electron chi connectivity index (χ3n) is 3.14. The minimum atomic E-state index is 0.665. The molecule has 0 bridgehead atoms. The maximum atomic E-state index is 6.05. The van der Waals surface area contributed by atoms with Gasteiger partial charge in [0.2, 0.25) is 0 Å². The predicted octanol–water partition coefficient (Wildman–Crippen LogP) is 3.06. The Bertz CT molecular complexity index is 605. The number of nitrogens with zero attached hydrogens (tertiary/aromatic N) is 2. The second-order valence-electron chi connectivity index (χ2n) is 4.28. The molecule has 0 atom stereocenters. The number of hydrogen-bond acceptors (Lipinski definition) is 3. The lowest BCUT2D eigenvalue weighted by Crippen LogP contribution is -2.00. The summed E-state index contributed by atoms with van der Waals surface area (Å²) < 4.78 is 7.96. The zero-order chi connectivity index (χ0) is 13.4. The molecule has 0 spiro atoms. The van der Waals surface area contributed by atoms with Crippen molar-refractivity contribution in [1.29, 1.82) is 0 Å². The van der Waals surface area contributed by atoms with Gasteiger partial charge in [-0.2, -0.15) is 5.10 Å². The molecule has 1 aromatic carbocycles. The molecule has 0 fully saturated rings. The van der Waals surface area contributed by atoms with E-state index in [4.69, 9.17) is 10.5 Å². The summed E-state index contributed by atoms with van der Waals surface area (Å²) >= 11 is 3.56. The molecule has 0 aliphatic rings. The number of aryl methyl sites for hydroxylation is 2. The third-order valence-corrected chi connectivity index (χ3v) is 4.12. The standard InChI is InChI=1S/C13H16BrN3O/c1-7-5-10(18-4)12(14)8(2)11(7)9-6-16-17(3)13(9)15/h5-6H,15H2,1-4H3. The molecule has 1 aromatic heterocycles. The maximum absolute atomic E-state index is 6.05. The molecule has 0 saturated carbocycles. The van der Waals surface area contributed by atoms with Gasteiger partial charge >= 0.3 is 0 Å². The quantitative estimate of drug-likeness (QED) is 0.927. The molecule has 0 aliphatic heterocycles. The van der Waals surface area contributed by atoms with E-state index in [0.29, 0.717) is 5.82 Å². The number of anilines is 1. The van der Waals surface area contributed by atoms with Crippen molar-refractivity contribution in [2.75, 3.05) is 12.8 Å². The van der Waals surface area contributed by atoms with Gasteiger partial charge in [0.05, 0.1) is 17.8 Å². The number of aromatic nitrogens is 2. The molecule has 5 heteroatoms. The van der Waals surface area contributed by atoms with Gasteiger partial charge in [-0.25, -0.2) is 0 Å². The first-order chi connectivity index (χ1) is 8.47. The van der Waals surface area contributed by atoms with Gasteiger partial charge in [0.15, 0.2) is 0 Å². The number of rotatable bonds is 2. The van der Waals surface area contributed by atoms with Crippen LogP contribution in [-0.2, 0) is 7.05 Å². The molecule has 18 heavy (non-hydrogen) atoms. The molecule has 0 saturated heterocycles. The fraction of sp³-hybridized carbons (Fsp3) is 0.308. The van der Waals surface area contributed by atoms with Gasteiger partial charge in [-0.15, -0.1) is 0 Å². The molecule has 96 valence electrons. The molecular formula is C13H16BrN3O. The highest BCUT2D eigenvalue weighted by molar-refractivity contribution is 9.10. The minimum Gasteiger partial charge on any atom is -0.496 e. The molecule has 4 nitrogen and oxygen atoms in total. The van der Waals surface area contributed by atoms with Crippen LogP contribution in [0, 0.1) is 13.8 Å². The topological polar surface area (TPSA) is 53.1 Å². The van der Waals surface area contributed by atoms with Crippen LogP contribution in [0.1, 0.15) is 11.1 Å². The Morgan fingerprint density at radius 2 is 2.06 bits per heavy atom. The Labute approximate surface area is 115 Å². The first kappa shape index (κ1) is 13.0. The van der Waals surface area contributed by atoms with Crippen molar-refractivity contribution in [2.24, 2.45) is 7.05 Å². The van der Waals surface area contributed by atoms with Gasteiger partial charge in [-0.3, -0.25) is 4.68 Å². The van der Waals surface area contributed by atoms with E-state index in [0.717, 1.165) is 32.5 Å². The van der Waals surface area contributed by atoms with Crippen LogP contribution in [0.4, 0.5) is 5.82 Å². The summed E-state index contributed by atoms with van der Waals surface area (Å²) in [6.07, 6.45) is 1.80. The molecule has 0 amide bonds. The van der Waals surface area contributed by atoms with Gasteiger partial charge < -0.3 is 10.5 Å². The van der Waals surface area contributed by atoms with E-state index in [1.807, 2.05) is 27.0 Å². The average Bonchev–Trinajstić information content (AvgIpc) is 2.66. The van der Waals surface area contributed by atoms with Crippen molar-refractivity contribution in [3.8, 4) is 16.9 Å². The Kier molecular flexibility index (Phi) is 3.34. The highest BCUT2D eigenvalue weighted by Gasteiger charge is 2.17. The smallest absolute Gasteiger partial charge is 0.133 e. The van der Waals surface area contributed by atoms with Crippen LogP contribution in [-0.4, -0.2) is 16.9 Å². The number of nitrogens with two attached hydrogens (primary N) is 1. The molecule has 0 radical (unpaired) electrons. The van der Waals surface area contributed by atoms with Crippen molar-refractivity contribution in [2.45, 2.75) is 13.8 Å². The summed E-state index contributed by atoms with van der Waals surface area (Å²) in [6.45, 7) is 4.09. The Morgan fingerprint density at radius 1 is 1.39 bits per heavy atom. The Balaban J connectivity index is 2.73. The number of hydrogen-bond donors (Lipinski definition) is 1. The first-order valence-corrected chi connectivity index (χ1v) is 6.38. The van der Waals surface area contributed by atoms with E-state index in [1.165, 1.54) is 0 Å². The van der Waals surface area contributed by atoms with E-state index < -0.39 is 0 Å². The van der Waals surface area contributed by atoms with Crippen molar-refractivity contribution >= 4 is 21.7 Å². The van der Waals surface area contributed by atoms with E-state index in [2.05, 4.69) is 21.0 Å². The van der Waals surface area contributed by atoms with Crippen LogP contribution >= 0.6 is 15.9 Å². The van der Waals surface area contributed by atoms with E-state index in [9.17, 15) is 0 Å². The lowest BCUT2D eigenvalue weighted by atomic mass is 9.97. The van der Waals surface area contributed by atoms with Gasteiger partial charge in [-0.05, 0) is 52.5 Å². The summed E-state index contributed by atoms with van der Waals surface area (Å²) in [5, 5.41) is 4.19. The van der Waals surface area contributed by atoms with Crippen LogP contribution in [0.5, 0.6) is 5.75 Å². The van der Waals surface area contributed by atoms with Crippen LogP contribution < -0.4 is 10.5 Å². The molecular weight excluding hydrogens is 294 g/mol. The van der Waals surface area contributed by atoms with Gasteiger partial charge in [0.25, 0.3) is 0 Å².